The zero-order valence-electron chi connectivity index (χ0n) is 6.48. The molecule has 0 saturated carbocycles. The third kappa shape index (κ3) is 0.985. The van der Waals surface area contributed by atoms with Crippen LogP contribution in [0.1, 0.15) is 0 Å². The third-order valence-electron chi connectivity index (χ3n) is 1.61. The summed E-state index contributed by atoms with van der Waals surface area (Å²) in [5.41, 5.74) is 0. The quantitative estimate of drug-likeness (QED) is 0.615. The fourth-order valence-electron chi connectivity index (χ4n) is 1.10. The normalized spacial score (nSPS) is 13.3. The Hall–Kier alpha value is -1.36. The number of benzene rings is 1. The van der Waals surface area contributed by atoms with Crippen molar-refractivity contribution in [1.29, 1.82) is 0 Å². The van der Waals surface area contributed by atoms with Gasteiger partial charge in [-0.05, 0) is 12.1 Å². The summed E-state index contributed by atoms with van der Waals surface area (Å²) in [6.07, 6.45) is 0. The van der Waals surface area contributed by atoms with Crippen LogP contribution in [0.25, 0.3) is 0 Å². The number of hydrogen-bond donors (Lipinski definition) is 1. The molecule has 0 amide bonds. The molecule has 0 saturated heterocycles. The lowest BCUT2D eigenvalue weighted by atomic mass is 10.3. The Kier molecular flexibility index (Phi) is 1.58. The number of para-hydroxylation sites is 1. The van der Waals surface area contributed by atoms with Gasteiger partial charge in [0.05, 0.1) is 7.11 Å². The lowest BCUT2D eigenvalue weighted by Gasteiger charge is -2.03. The van der Waals surface area contributed by atoms with E-state index in [1.54, 1.807) is 18.2 Å². The van der Waals surface area contributed by atoms with Crippen molar-refractivity contribution in [2.24, 2.45) is 0 Å². The van der Waals surface area contributed by atoms with Gasteiger partial charge in [0.1, 0.15) is 5.75 Å². The zero-order chi connectivity index (χ0) is 8.55. The van der Waals surface area contributed by atoms with Crippen molar-refractivity contribution in [3.8, 4) is 17.2 Å². The minimum Gasteiger partial charge on any atom is -0.498 e. The average molecular weight is 166 g/mol. The molecular weight excluding hydrogens is 159 g/mol. The highest BCUT2D eigenvalue weighted by atomic mass is 16.7. The first-order valence-corrected chi connectivity index (χ1v) is 3.49. The Balaban J connectivity index is 2.44. The van der Waals surface area contributed by atoms with E-state index < -0.39 is 7.32 Å². The Bertz CT molecular complexity index is 301. The van der Waals surface area contributed by atoms with Crippen molar-refractivity contribution in [3.63, 3.8) is 0 Å². The molecule has 0 spiro atoms. The van der Waals surface area contributed by atoms with Crippen LogP contribution in [0.3, 0.4) is 0 Å². The van der Waals surface area contributed by atoms with E-state index in [1.807, 2.05) is 0 Å². The highest BCUT2D eigenvalue weighted by Crippen LogP contribution is 2.40. The van der Waals surface area contributed by atoms with Crippen LogP contribution in [-0.4, -0.2) is 19.5 Å². The van der Waals surface area contributed by atoms with E-state index in [2.05, 4.69) is 0 Å². The molecule has 0 aliphatic carbocycles. The van der Waals surface area contributed by atoms with Crippen LogP contribution in [0.15, 0.2) is 18.2 Å². The molecular formula is C7H7BO4. The molecule has 0 atom stereocenters. The minimum atomic E-state index is -1.21. The van der Waals surface area contributed by atoms with Gasteiger partial charge in [0.2, 0.25) is 0 Å². The van der Waals surface area contributed by atoms with Crippen molar-refractivity contribution >= 4 is 7.32 Å². The maximum Gasteiger partial charge on any atom is 0.785 e. The molecule has 0 unspecified atom stereocenters. The molecule has 0 aromatic heterocycles. The Morgan fingerprint density at radius 3 is 3.00 bits per heavy atom. The lowest BCUT2D eigenvalue weighted by molar-refractivity contribution is 0.333. The summed E-state index contributed by atoms with van der Waals surface area (Å²) in [5, 5.41) is 8.97. The summed E-state index contributed by atoms with van der Waals surface area (Å²) in [4.78, 5) is 0. The second kappa shape index (κ2) is 2.60. The Morgan fingerprint density at radius 2 is 2.25 bits per heavy atom. The Morgan fingerprint density at radius 1 is 1.42 bits per heavy atom. The standard InChI is InChI=1S/C7H7BO4/c1-10-5-3-2-4-6-7(5)12-8(9)11-6/h2-4,9H,1H3. The summed E-state index contributed by atoms with van der Waals surface area (Å²) in [6, 6.07) is 5.20. The summed E-state index contributed by atoms with van der Waals surface area (Å²) < 4.78 is 14.8. The third-order valence-corrected chi connectivity index (χ3v) is 1.61. The van der Waals surface area contributed by atoms with Gasteiger partial charge in [-0.3, -0.25) is 0 Å². The van der Waals surface area contributed by atoms with Crippen molar-refractivity contribution < 1.29 is 19.1 Å². The summed E-state index contributed by atoms with van der Waals surface area (Å²) in [5.74, 6) is 1.51. The molecule has 1 aliphatic heterocycles. The van der Waals surface area contributed by atoms with E-state index in [0.717, 1.165) is 0 Å². The molecule has 62 valence electrons. The highest BCUT2D eigenvalue weighted by Gasteiger charge is 2.33. The van der Waals surface area contributed by atoms with Crippen LogP contribution >= 0.6 is 0 Å². The molecule has 2 rings (SSSR count). The van der Waals surface area contributed by atoms with Crippen molar-refractivity contribution in [2.75, 3.05) is 7.11 Å². The maximum atomic E-state index is 8.97. The molecule has 1 aliphatic rings. The molecule has 1 heterocycles. The van der Waals surface area contributed by atoms with Crippen LogP contribution < -0.4 is 14.0 Å². The summed E-state index contributed by atoms with van der Waals surface area (Å²) in [7, 11) is 0.320. The summed E-state index contributed by atoms with van der Waals surface area (Å²) >= 11 is 0. The maximum absolute atomic E-state index is 8.97. The first-order chi connectivity index (χ1) is 5.81. The molecule has 1 aromatic rings. The number of hydrogen-bond acceptors (Lipinski definition) is 4. The van der Waals surface area contributed by atoms with Crippen molar-refractivity contribution in [2.45, 2.75) is 0 Å². The van der Waals surface area contributed by atoms with Crippen LogP contribution in [-0.2, 0) is 0 Å². The van der Waals surface area contributed by atoms with E-state index >= 15 is 0 Å². The largest absolute Gasteiger partial charge is 0.785 e. The van der Waals surface area contributed by atoms with E-state index in [4.69, 9.17) is 19.1 Å². The van der Waals surface area contributed by atoms with Gasteiger partial charge < -0.3 is 19.1 Å². The van der Waals surface area contributed by atoms with Gasteiger partial charge in [-0.25, -0.2) is 0 Å². The van der Waals surface area contributed by atoms with E-state index in [9.17, 15) is 0 Å². The lowest BCUT2D eigenvalue weighted by Crippen LogP contribution is -2.23. The monoisotopic (exact) mass is 166 g/mol. The molecule has 4 nitrogen and oxygen atoms in total. The first-order valence-electron chi connectivity index (χ1n) is 3.49. The minimum absolute atomic E-state index is 0.451. The number of methoxy groups -OCH3 is 1. The first kappa shape index (κ1) is 7.30. The van der Waals surface area contributed by atoms with E-state index in [1.165, 1.54) is 7.11 Å². The van der Waals surface area contributed by atoms with Gasteiger partial charge in [0, 0.05) is 0 Å². The van der Waals surface area contributed by atoms with Gasteiger partial charge in [-0.15, -0.1) is 0 Å². The number of rotatable bonds is 1. The van der Waals surface area contributed by atoms with E-state index in [0.29, 0.717) is 17.2 Å². The fraction of sp³-hybridized carbons (Fsp3) is 0.143. The molecule has 12 heavy (non-hydrogen) atoms. The summed E-state index contributed by atoms with van der Waals surface area (Å²) in [6.45, 7) is 0. The SMILES string of the molecule is COc1cccc2c1OB(O)O2. The fourth-order valence-corrected chi connectivity index (χ4v) is 1.10. The highest BCUT2D eigenvalue weighted by molar-refractivity contribution is 6.38. The second-order valence-corrected chi connectivity index (χ2v) is 2.33. The number of fused-ring (bicyclic) bond motifs is 1. The average Bonchev–Trinajstić information content (AvgIpc) is 2.44. The molecule has 0 bridgehead atoms. The van der Waals surface area contributed by atoms with Gasteiger partial charge in [0.15, 0.2) is 11.5 Å². The second-order valence-electron chi connectivity index (χ2n) is 2.33. The van der Waals surface area contributed by atoms with Crippen LogP contribution in [0.4, 0.5) is 0 Å². The van der Waals surface area contributed by atoms with Crippen LogP contribution in [0.2, 0.25) is 0 Å². The molecule has 0 radical (unpaired) electrons. The topological polar surface area (TPSA) is 47.9 Å². The molecule has 1 N–H and O–H groups in total. The van der Waals surface area contributed by atoms with Crippen molar-refractivity contribution in [1.82, 2.24) is 0 Å². The van der Waals surface area contributed by atoms with Gasteiger partial charge in [-0.2, -0.15) is 0 Å². The molecule has 0 fully saturated rings. The molecule has 1 aromatic carbocycles. The van der Waals surface area contributed by atoms with Crippen LogP contribution in [0.5, 0.6) is 17.2 Å². The Labute approximate surface area is 69.9 Å². The zero-order valence-corrected chi connectivity index (χ0v) is 6.48. The van der Waals surface area contributed by atoms with Gasteiger partial charge in [-0.1, -0.05) is 6.07 Å². The van der Waals surface area contributed by atoms with Crippen LogP contribution in [0, 0.1) is 0 Å². The van der Waals surface area contributed by atoms with Crippen molar-refractivity contribution in [3.05, 3.63) is 18.2 Å². The predicted octanol–water partition coefficient (Wildman–Crippen LogP) is 0.444. The van der Waals surface area contributed by atoms with Gasteiger partial charge >= 0.3 is 7.32 Å². The smallest absolute Gasteiger partial charge is 0.498 e. The van der Waals surface area contributed by atoms with E-state index in [-0.39, 0.29) is 0 Å². The molecule has 5 heteroatoms. The number of ether oxygens (including phenoxy) is 1. The van der Waals surface area contributed by atoms with Gasteiger partial charge in [0.25, 0.3) is 0 Å². The predicted molar refractivity (Wildman–Crippen MR) is 42.2 cm³/mol.